The van der Waals surface area contributed by atoms with E-state index in [0.29, 0.717) is 12.8 Å². The first-order valence-corrected chi connectivity index (χ1v) is 5.08. The van der Waals surface area contributed by atoms with Gasteiger partial charge in [-0.25, -0.2) is 9.59 Å². The van der Waals surface area contributed by atoms with Gasteiger partial charge < -0.3 is 10.2 Å². The highest BCUT2D eigenvalue weighted by atomic mass is 16.4. The number of allylic oxidation sites excluding steroid dienone is 2. The predicted molar refractivity (Wildman–Crippen MR) is 61.2 cm³/mol. The molecular formula is C12H16O4. The highest BCUT2D eigenvalue weighted by Crippen LogP contribution is 2.10. The van der Waals surface area contributed by atoms with Crippen LogP contribution in [0.1, 0.15) is 26.7 Å². The van der Waals surface area contributed by atoms with Crippen LogP contribution in [0.25, 0.3) is 0 Å². The Balaban J connectivity index is 5.44. The number of carboxylic acid groups (broad SMARTS) is 2. The summed E-state index contributed by atoms with van der Waals surface area (Å²) in [5.74, 6) is -2.47. The molecule has 88 valence electrons. The minimum Gasteiger partial charge on any atom is -0.478 e. The maximum Gasteiger partial charge on any atom is 0.336 e. The number of aliphatic carboxylic acids is 2. The molecule has 4 heteroatoms. The van der Waals surface area contributed by atoms with E-state index in [1.54, 1.807) is 12.2 Å². The molecule has 4 nitrogen and oxygen atoms in total. The van der Waals surface area contributed by atoms with E-state index in [9.17, 15) is 9.59 Å². The van der Waals surface area contributed by atoms with Gasteiger partial charge in [0.2, 0.25) is 0 Å². The monoisotopic (exact) mass is 224 g/mol. The molecule has 0 aromatic heterocycles. The summed E-state index contributed by atoms with van der Waals surface area (Å²) >= 11 is 0. The first-order chi connectivity index (χ1) is 7.54. The first kappa shape index (κ1) is 14.2. The third-order valence-corrected chi connectivity index (χ3v) is 1.79. The van der Waals surface area contributed by atoms with Crippen LogP contribution < -0.4 is 0 Å². The zero-order valence-electron chi connectivity index (χ0n) is 9.43. The Morgan fingerprint density at radius 1 is 0.875 bits per heavy atom. The van der Waals surface area contributed by atoms with Gasteiger partial charge in [-0.05, 0) is 12.8 Å². The van der Waals surface area contributed by atoms with Crippen molar-refractivity contribution >= 4 is 11.9 Å². The number of hydrogen-bond donors (Lipinski definition) is 2. The molecule has 0 saturated heterocycles. The Morgan fingerprint density at radius 3 is 1.38 bits per heavy atom. The van der Waals surface area contributed by atoms with Crippen LogP contribution >= 0.6 is 0 Å². The summed E-state index contributed by atoms with van der Waals surface area (Å²) in [4.78, 5) is 21.8. The lowest BCUT2D eigenvalue weighted by atomic mass is 10.1. The quantitative estimate of drug-likeness (QED) is 0.536. The van der Waals surface area contributed by atoms with E-state index in [-0.39, 0.29) is 11.1 Å². The average molecular weight is 224 g/mol. The Morgan fingerprint density at radius 2 is 1.19 bits per heavy atom. The minimum atomic E-state index is -1.23. The predicted octanol–water partition coefficient (Wildman–Crippen LogP) is 2.38. The summed E-state index contributed by atoms with van der Waals surface area (Å²) in [6, 6.07) is 0. The van der Waals surface area contributed by atoms with E-state index in [4.69, 9.17) is 10.2 Å². The van der Waals surface area contributed by atoms with Gasteiger partial charge in [0.05, 0.1) is 11.1 Å². The van der Waals surface area contributed by atoms with Crippen molar-refractivity contribution in [1.82, 2.24) is 0 Å². The third-order valence-electron chi connectivity index (χ3n) is 1.79. The SMILES string of the molecule is CC/C=C/C(C(=O)O)=C(\C=C\CC)C(=O)O. The second-order valence-electron chi connectivity index (χ2n) is 3.06. The van der Waals surface area contributed by atoms with Crippen molar-refractivity contribution in [2.45, 2.75) is 26.7 Å². The summed E-state index contributed by atoms with van der Waals surface area (Å²) in [6.07, 6.45) is 7.19. The van der Waals surface area contributed by atoms with Crippen LogP contribution in [0.4, 0.5) is 0 Å². The first-order valence-electron chi connectivity index (χ1n) is 5.08. The molecule has 0 radical (unpaired) electrons. The Kier molecular flexibility index (Phi) is 6.59. The van der Waals surface area contributed by atoms with Gasteiger partial charge in [-0.15, -0.1) is 0 Å². The summed E-state index contributed by atoms with van der Waals surface area (Å²) in [7, 11) is 0. The number of rotatable bonds is 6. The molecule has 0 amide bonds. The molecule has 2 N–H and O–H groups in total. The summed E-state index contributed by atoms with van der Waals surface area (Å²) < 4.78 is 0. The van der Waals surface area contributed by atoms with Crippen LogP contribution in [0, 0.1) is 0 Å². The molecule has 0 aromatic carbocycles. The summed E-state index contributed by atoms with van der Waals surface area (Å²) in [5.41, 5.74) is -0.391. The molecule has 0 fully saturated rings. The molecule has 0 rings (SSSR count). The van der Waals surface area contributed by atoms with Crippen molar-refractivity contribution in [3.05, 3.63) is 35.5 Å². The molecule has 0 aliphatic heterocycles. The van der Waals surface area contributed by atoms with Gasteiger partial charge in [-0.3, -0.25) is 0 Å². The lowest BCUT2D eigenvalue weighted by Crippen LogP contribution is -2.08. The van der Waals surface area contributed by atoms with Gasteiger partial charge in [-0.1, -0.05) is 38.2 Å². The fraction of sp³-hybridized carbons (Fsp3) is 0.333. The van der Waals surface area contributed by atoms with Crippen molar-refractivity contribution in [3.63, 3.8) is 0 Å². The largest absolute Gasteiger partial charge is 0.478 e. The lowest BCUT2D eigenvalue weighted by molar-refractivity contribution is -0.135. The molecule has 0 spiro atoms. The summed E-state index contributed by atoms with van der Waals surface area (Å²) in [5, 5.41) is 17.8. The molecule has 0 unspecified atom stereocenters. The maximum atomic E-state index is 10.9. The van der Waals surface area contributed by atoms with E-state index in [0.717, 1.165) is 0 Å². The molecule has 0 heterocycles. The number of carbonyl (C=O) groups is 2. The second-order valence-corrected chi connectivity index (χ2v) is 3.06. The van der Waals surface area contributed by atoms with E-state index in [1.165, 1.54) is 12.2 Å². The maximum absolute atomic E-state index is 10.9. The van der Waals surface area contributed by atoms with Crippen LogP contribution in [0.15, 0.2) is 35.5 Å². The fourth-order valence-corrected chi connectivity index (χ4v) is 1.02. The van der Waals surface area contributed by atoms with E-state index in [1.807, 2.05) is 13.8 Å². The van der Waals surface area contributed by atoms with Gasteiger partial charge in [0.15, 0.2) is 0 Å². The molecule has 0 bridgehead atoms. The van der Waals surface area contributed by atoms with Crippen LogP contribution in [0.3, 0.4) is 0 Å². The van der Waals surface area contributed by atoms with Gasteiger partial charge in [0.1, 0.15) is 0 Å². The topological polar surface area (TPSA) is 74.6 Å². The average Bonchev–Trinajstić information content (AvgIpc) is 2.21. The molecule has 0 aliphatic rings. The van der Waals surface area contributed by atoms with Gasteiger partial charge in [0, 0.05) is 0 Å². The standard InChI is InChI=1S/C12H16O4/c1-3-5-7-9(11(13)14)10(12(15)16)8-6-4-2/h5-8H,3-4H2,1-2H3,(H,13,14)(H,15,16)/b7-5+,8-6+,10-9-. The molecule has 0 aliphatic carbocycles. The van der Waals surface area contributed by atoms with Crippen molar-refractivity contribution in [2.75, 3.05) is 0 Å². The van der Waals surface area contributed by atoms with Crippen molar-refractivity contribution < 1.29 is 19.8 Å². The Hall–Kier alpha value is -1.84. The fourth-order valence-electron chi connectivity index (χ4n) is 1.02. The van der Waals surface area contributed by atoms with Crippen LogP contribution in [0.5, 0.6) is 0 Å². The van der Waals surface area contributed by atoms with Crippen molar-refractivity contribution in [2.24, 2.45) is 0 Å². The molecule has 16 heavy (non-hydrogen) atoms. The smallest absolute Gasteiger partial charge is 0.336 e. The van der Waals surface area contributed by atoms with E-state index < -0.39 is 11.9 Å². The van der Waals surface area contributed by atoms with Gasteiger partial charge >= 0.3 is 11.9 Å². The third kappa shape index (κ3) is 4.59. The van der Waals surface area contributed by atoms with Crippen molar-refractivity contribution in [3.8, 4) is 0 Å². The second kappa shape index (κ2) is 7.45. The van der Waals surface area contributed by atoms with Crippen molar-refractivity contribution in [1.29, 1.82) is 0 Å². The zero-order valence-corrected chi connectivity index (χ0v) is 9.43. The lowest BCUT2D eigenvalue weighted by Gasteiger charge is -2.00. The van der Waals surface area contributed by atoms with Crippen LogP contribution in [-0.2, 0) is 9.59 Å². The van der Waals surface area contributed by atoms with E-state index >= 15 is 0 Å². The van der Waals surface area contributed by atoms with E-state index in [2.05, 4.69) is 0 Å². The van der Waals surface area contributed by atoms with Gasteiger partial charge in [0.25, 0.3) is 0 Å². The molecule has 0 saturated carbocycles. The zero-order chi connectivity index (χ0) is 12.6. The molecular weight excluding hydrogens is 208 g/mol. The number of hydrogen-bond acceptors (Lipinski definition) is 2. The highest BCUT2D eigenvalue weighted by molar-refractivity contribution is 6.02. The van der Waals surface area contributed by atoms with Crippen LogP contribution in [-0.4, -0.2) is 22.2 Å². The minimum absolute atomic E-state index is 0.195. The highest BCUT2D eigenvalue weighted by Gasteiger charge is 2.14. The Labute approximate surface area is 94.6 Å². The number of carboxylic acids is 2. The molecule has 0 atom stereocenters. The summed E-state index contributed by atoms with van der Waals surface area (Å²) in [6.45, 7) is 3.69. The van der Waals surface area contributed by atoms with Gasteiger partial charge in [-0.2, -0.15) is 0 Å². The van der Waals surface area contributed by atoms with Crippen LogP contribution in [0.2, 0.25) is 0 Å². The Bertz CT molecular complexity index is 314. The molecule has 0 aromatic rings. The normalized spacial score (nSPS) is 13.1.